The Morgan fingerprint density at radius 2 is 1.93 bits per heavy atom. The summed E-state index contributed by atoms with van der Waals surface area (Å²) in [6.45, 7) is 7.11. The van der Waals surface area contributed by atoms with Crippen molar-refractivity contribution >= 4 is 11.9 Å². The first-order valence-corrected chi connectivity index (χ1v) is 9.39. The number of nitrogens with zero attached hydrogens (tertiary/aromatic N) is 2. The van der Waals surface area contributed by atoms with Crippen LogP contribution in [0.15, 0.2) is 24.3 Å². The van der Waals surface area contributed by atoms with Gasteiger partial charge < -0.3 is 24.4 Å². The Morgan fingerprint density at radius 3 is 2.56 bits per heavy atom. The standard InChI is InChI=1S/C20H30N2O5/c1-4-27-20(2,19(24)25)15-16-5-7-17(8-6-16)26-14-13-22-12-11-21(3)10-9-18(22)23/h5-8H,4,9-15H2,1-3H3,(H,24,25). The van der Waals surface area contributed by atoms with Gasteiger partial charge in [0.25, 0.3) is 0 Å². The molecule has 1 amide bonds. The first-order chi connectivity index (χ1) is 12.8. The summed E-state index contributed by atoms with van der Waals surface area (Å²) in [6.07, 6.45) is 0.833. The lowest BCUT2D eigenvalue weighted by atomic mass is 9.96. The van der Waals surface area contributed by atoms with Crippen molar-refractivity contribution in [2.45, 2.75) is 32.3 Å². The van der Waals surface area contributed by atoms with E-state index in [0.717, 1.165) is 25.2 Å². The largest absolute Gasteiger partial charge is 0.492 e. The second-order valence-corrected chi connectivity index (χ2v) is 7.07. The zero-order valence-corrected chi connectivity index (χ0v) is 16.4. The molecular weight excluding hydrogens is 348 g/mol. The molecule has 0 spiro atoms. The number of hydrogen-bond donors (Lipinski definition) is 1. The summed E-state index contributed by atoms with van der Waals surface area (Å²) in [7, 11) is 2.02. The molecule has 1 aromatic rings. The third-order valence-corrected chi connectivity index (χ3v) is 4.82. The van der Waals surface area contributed by atoms with Crippen LogP contribution < -0.4 is 4.74 Å². The van der Waals surface area contributed by atoms with Crippen molar-refractivity contribution in [3.8, 4) is 5.75 Å². The monoisotopic (exact) mass is 378 g/mol. The summed E-state index contributed by atoms with van der Waals surface area (Å²) in [4.78, 5) is 27.5. The summed E-state index contributed by atoms with van der Waals surface area (Å²) >= 11 is 0. The molecule has 1 heterocycles. The number of ether oxygens (including phenoxy) is 2. The average Bonchev–Trinajstić information content (AvgIpc) is 2.79. The first kappa shape index (κ1) is 21.2. The van der Waals surface area contributed by atoms with Crippen LogP contribution in [0.5, 0.6) is 5.75 Å². The van der Waals surface area contributed by atoms with E-state index in [1.54, 1.807) is 13.8 Å². The first-order valence-electron chi connectivity index (χ1n) is 9.39. The molecule has 150 valence electrons. The van der Waals surface area contributed by atoms with Gasteiger partial charge in [0.15, 0.2) is 5.60 Å². The summed E-state index contributed by atoms with van der Waals surface area (Å²) in [5, 5.41) is 9.39. The van der Waals surface area contributed by atoms with Gasteiger partial charge in [0.05, 0.1) is 6.54 Å². The van der Waals surface area contributed by atoms with Gasteiger partial charge in [0.1, 0.15) is 12.4 Å². The lowest BCUT2D eigenvalue weighted by Gasteiger charge is -2.24. The molecule has 7 nitrogen and oxygen atoms in total. The van der Waals surface area contributed by atoms with Gasteiger partial charge in [0, 0.05) is 39.1 Å². The second-order valence-electron chi connectivity index (χ2n) is 7.07. The van der Waals surface area contributed by atoms with Crippen molar-refractivity contribution < 1.29 is 24.2 Å². The normalized spacial score (nSPS) is 18.0. The van der Waals surface area contributed by atoms with E-state index in [0.29, 0.717) is 31.9 Å². The summed E-state index contributed by atoms with van der Waals surface area (Å²) in [5.74, 6) is -0.105. The second kappa shape index (κ2) is 9.71. The van der Waals surface area contributed by atoms with Crippen LogP contribution >= 0.6 is 0 Å². The number of amides is 1. The average molecular weight is 378 g/mol. The molecule has 1 aliphatic heterocycles. The molecule has 1 saturated heterocycles. The van der Waals surface area contributed by atoms with E-state index in [-0.39, 0.29) is 12.3 Å². The smallest absolute Gasteiger partial charge is 0.336 e. The maximum absolute atomic E-state index is 12.1. The van der Waals surface area contributed by atoms with Gasteiger partial charge in [-0.3, -0.25) is 4.79 Å². The molecule has 0 bridgehead atoms. The lowest BCUT2D eigenvalue weighted by molar-refractivity contribution is -0.162. The van der Waals surface area contributed by atoms with E-state index in [1.165, 1.54) is 0 Å². The van der Waals surface area contributed by atoms with Crippen molar-refractivity contribution in [1.29, 1.82) is 0 Å². The number of carbonyl (C=O) groups excluding carboxylic acids is 1. The highest BCUT2D eigenvalue weighted by Gasteiger charge is 2.33. The molecule has 1 atom stereocenters. The predicted molar refractivity (Wildman–Crippen MR) is 102 cm³/mol. The predicted octanol–water partition coefficient (Wildman–Crippen LogP) is 1.65. The molecule has 1 aliphatic rings. The number of carboxylic acid groups (broad SMARTS) is 1. The Labute approximate surface area is 160 Å². The van der Waals surface area contributed by atoms with E-state index in [1.807, 2.05) is 36.2 Å². The molecule has 2 rings (SSSR count). The molecule has 0 saturated carbocycles. The Hall–Kier alpha value is -2.12. The number of likely N-dealkylation sites (N-methyl/N-ethyl adjacent to an activating group) is 1. The molecular formula is C20H30N2O5. The van der Waals surface area contributed by atoms with E-state index >= 15 is 0 Å². The van der Waals surface area contributed by atoms with Crippen LogP contribution in [0.2, 0.25) is 0 Å². The maximum Gasteiger partial charge on any atom is 0.336 e. The van der Waals surface area contributed by atoms with Crippen LogP contribution in [0.25, 0.3) is 0 Å². The third kappa shape index (κ3) is 6.22. The summed E-state index contributed by atoms with van der Waals surface area (Å²) in [5.41, 5.74) is -0.372. The van der Waals surface area contributed by atoms with E-state index in [9.17, 15) is 14.7 Å². The van der Waals surface area contributed by atoms with Gasteiger partial charge in [0.2, 0.25) is 5.91 Å². The van der Waals surface area contributed by atoms with Crippen molar-refractivity contribution in [3.05, 3.63) is 29.8 Å². The molecule has 0 aliphatic carbocycles. The van der Waals surface area contributed by atoms with E-state index < -0.39 is 11.6 Å². The molecule has 1 aromatic carbocycles. The van der Waals surface area contributed by atoms with E-state index in [4.69, 9.17) is 9.47 Å². The Bertz CT molecular complexity index is 634. The minimum atomic E-state index is -1.24. The highest BCUT2D eigenvalue weighted by molar-refractivity contribution is 5.77. The van der Waals surface area contributed by atoms with Crippen LogP contribution in [-0.4, -0.2) is 78.8 Å². The fourth-order valence-corrected chi connectivity index (χ4v) is 3.08. The van der Waals surface area contributed by atoms with Crippen LogP contribution in [0, 0.1) is 0 Å². The van der Waals surface area contributed by atoms with Crippen LogP contribution in [0.1, 0.15) is 25.8 Å². The SMILES string of the molecule is CCOC(C)(Cc1ccc(OCCN2CCN(C)CCC2=O)cc1)C(=O)O. The molecule has 27 heavy (non-hydrogen) atoms. The van der Waals surface area contributed by atoms with E-state index in [2.05, 4.69) is 4.90 Å². The van der Waals surface area contributed by atoms with Crippen LogP contribution in [-0.2, 0) is 20.7 Å². The van der Waals surface area contributed by atoms with Crippen LogP contribution in [0.4, 0.5) is 0 Å². The topological polar surface area (TPSA) is 79.3 Å². The van der Waals surface area contributed by atoms with Crippen molar-refractivity contribution in [1.82, 2.24) is 9.80 Å². The quantitative estimate of drug-likeness (QED) is 0.704. The fourth-order valence-electron chi connectivity index (χ4n) is 3.08. The number of hydrogen-bond acceptors (Lipinski definition) is 5. The molecule has 0 aromatic heterocycles. The Morgan fingerprint density at radius 1 is 1.22 bits per heavy atom. The summed E-state index contributed by atoms with van der Waals surface area (Å²) in [6, 6.07) is 7.34. The minimum Gasteiger partial charge on any atom is -0.492 e. The van der Waals surface area contributed by atoms with Gasteiger partial charge in [-0.15, -0.1) is 0 Å². The van der Waals surface area contributed by atoms with Gasteiger partial charge in [-0.2, -0.15) is 0 Å². The number of aliphatic carboxylic acids is 1. The number of carbonyl (C=O) groups is 2. The van der Waals surface area contributed by atoms with Crippen molar-refractivity contribution in [2.24, 2.45) is 0 Å². The Balaban J connectivity index is 1.85. The van der Waals surface area contributed by atoms with Gasteiger partial charge in [-0.1, -0.05) is 12.1 Å². The minimum absolute atomic E-state index is 0.169. The maximum atomic E-state index is 12.1. The Kier molecular flexibility index (Phi) is 7.62. The third-order valence-electron chi connectivity index (χ3n) is 4.82. The van der Waals surface area contributed by atoms with Gasteiger partial charge in [-0.05, 0) is 38.6 Å². The molecule has 7 heteroatoms. The highest BCUT2D eigenvalue weighted by atomic mass is 16.5. The molecule has 1 fully saturated rings. The van der Waals surface area contributed by atoms with Gasteiger partial charge >= 0.3 is 5.97 Å². The lowest BCUT2D eigenvalue weighted by Crippen LogP contribution is -2.40. The zero-order valence-electron chi connectivity index (χ0n) is 16.4. The van der Waals surface area contributed by atoms with Crippen molar-refractivity contribution in [2.75, 3.05) is 46.4 Å². The number of carboxylic acids is 1. The molecule has 0 radical (unpaired) electrons. The van der Waals surface area contributed by atoms with Gasteiger partial charge in [-0.25, -0.2) is 4.79 Å². The zero-order chi connectivity index (χ0) is 19.9. The van der Waals surface area contributed by atoms with Crippen LogP contribution in [0.3, 0.4) is 0 Å². The number of rotatable bonds is 9. The highest BCUT2D eigenvalue weighted by Crippen LogP contribution is 2.20. The summed E-state index contributed by atoms with van der Waals surface area (Å²) < 4.78 is 11.2. The molecule has 1 unspecified atom stereocenters. The number of benzene rings is 1. The molecule has 1 N–H and O–H groups in total. The fraction of sp³-hybridized carbons (Fsp3) is 0.600. The van der Waals surface area contributed by atoms with Crippen molar-refractivity contribution in [3.63, 3.8) is 0 Å².